The summed E-state index contributed by atoms with van der Waals surface area (Å²) in [6, 6.07) is 2.65. The molecule has 0 spiro atoms. The van der Waals surface area contributed by atoms with E-state index in [0.29, 0.717) is 24.2 Å². The van der Waals surface area contributed by atoms with Gasteiger partial charge in [-0.05, 0) is 12.1 Å². The Kier molecular flexibility index (Phi) is 1.98. The number of rotatable bonds is 1. The van der Waals surface area contributed by atoms with Crippen molar-refractivity contribution < 1.29 is 18.7 Å². The molecule has 0 unspecified atom stereocenters. The van der Waals surface area contributed by atoms with Crippen molar-refractivity contribution in [1.29, 1.82) is 0 Å². The van der Waals surface area contributed by atoms with Crippen molar-refractivity contribution in [3.63, 3.8) is 0 Å². The van der Waals surface area contributed by atoms with E-state index in [2.05, 4.69) is 0 Å². The molecule has 0 saturated carbocycles. The standard InChI is InChI=1S/C9H7FO3/c10-8-1-7-4-12-5-13-9(7)2-6(8)3-11/h1-3H,4-5H2. The van der Waals surface area contributed by atoms with Gasteiger partial charge in [-0.25, -0.2) is 4.39 Å². The molecule has 3 nitrogen and oxygen atoms in total. The highest BCUT2D eigenvalue weighted by Crippen LogP contribution is 2.25. The number of carbonyl (C=O) groups is 1. The van der Waals surface area contributed by atoms with Gasteiger partial charge in [0.1, 0.15) is 11.6 Å². The normalized spacial score (nSPS) is 14.5. The van der Waals surface area contributed by atoms with Gasteiger partial charge >= 0.3 is 0 Å². The Morgan fingerprint density at radius 2 is 2.31 bits per heavy atom. The average molecular weight is 182 g/mol. The maximum atomic E-state index is 13.0. The number of benzene rings is 1. The number of carbonyl (C=O) groups excluding carboxylic acids is 1. The van der Waals surface area contributed by atoms with Crippen LogP contribution in [0.4, 0.5) is 4.39 Å². The highest BCUT2D eigenvalue weighted by Gasteiger charge is 2.14. The fourth-order valence-corrected chi connectivity index (χ4v) is 1.20. The van der Waals surface area contributed by atoms with E-state index in [1.165, 1.54) is 12.1 Å². The Morgan fingerprint density at radius 3 is 3.08 bits per heavy atom. The van der Waals surface area contributed by atoms with Crippen molar-refractivity contribution in [3.8, 4) is 5.75 Å². The van der Waals surface area contributed by atoms with Crippen molar-refractivity contribution in [2.24, 2.45) is 0 Å². The van der Waals surface area contributed by atoms with Gasteiger partial charge in [-0.2, -0.15) is 0 Å². The first-order valence-corrected chi connectivity index (χ1v) is 3.79. The van der Waals surface area contributed by atoms with E-state index in [-0.39, 0.29) is 12.4 Å². The van der Waals surface area contributed by atoms with Gasteiger partial charge in [0.2, 0.25) is 0 Å². The quantitative estimate of drug-likeness (QED) is 0.617. The van der Waals surface area contributed by atoms with Gasteiger partial charge in [-0.3, -0.25) is 4.79 Å². The minimum Gasteiger partial charge on any atom is -0.467 e. The van der Waals surface area contributed by atoms with Crippen LogP contribution in [0.1, 0.15) is 15.9 Å². The maximum Gasteiger partial charge on any atom is 0.189 e. The summed E-state index contributed by atoms with van der Waals surface area (Å²) in [4.78, 5) is 10.4. The Hall–Kier alpha value is -1.42. The molecule has 0 aliphatic carbocycles. The van der Waals surface area contributed by atoms with E-state index in [1.807, 2.05) is 0 Å². The van der Waals surface area contributed by atoms with E-state index in [1.54, 1.807) is 0 Å². The number of fused-ring (bicyclic) bond motifs is 1. The first-order valence-electron chi connectivity index (χ1n) is 3.79. The Bertz CT molecular complexity index is 349. The molecule has 1 aromatic rings. The number of halogens is 1. The second-order valence-corrected chi connectivity index (χ2v) is 2.71. The van der Waals surface area contributed by atoms with Gasteiger partial charge in [-0.15, -0.1) is 0 Å². The van der Waals surface area contributed by atoms with Crippen LogP contribution in [0.25, 0.3) is 0 Å². The lowest BCUT2D eigenvalue weighted by atomic mass is 10.1. The van der Waals surface area contributed by atoms with Crippen LogP contribution in [-0.2, 0) is 11.3 Å². The third-order valence-electron chi connectivity index (χ3n) is 1.86. The maximum absolute atomic E-state index is 13.0. The van der Waals surface area contributed by atoms with Crippen molar-refractivity contribution >= 4 is 6.29 Å². The zero-order valence-electron chi connectivity index (χ0n) is 6.75. The smallest absolute Gasteiger partial charge is 0.189 e. The highest BCUT2D eigenvalue weighted by molar-refractivity contribution is 5.76. The second-order valence-electron chi connectivity index (χ2n) is 2.71. The molecule has 0 N–H and O–H groups in total. The molecular weight excluding hydrogens is 175 g/mol. The topological polar surface area (TPSA) is 35.5 Å². The van der Waals surface area contributed by atoms with Crippen molar-refractivity contribution in [2.45, 2.75) is 6.61 Å². The van der Waals surface area contributed by atoms with E-state index in [9.17, 15) is 9.18 Å². The molecule has 0 radical (unpaired) electrons. The molecule has 0 bridgehead atoms. The molecule has 0 saturated heterocycles. The summed E-state index contributed by atoms with van der Waals surface area (Å²) in [5, 5.41) is 0. The minimum absolute atomic E-state index is 0.0145. The van der Waals surface area contributed by atoms with E-state index >= 15 is 0 Å². The molecule has 0 amide bonds. The lowest BCUT2D eigenvalue weighted by Gasteiger charge is -2.17. The fraction of sp³-hybridized carbons (Fsp3) is 0.222. The van der Waals surface area contributed by atoms with Crippen molar-refractivity contribution in [1.82, 2.24) is 0 Å². The molecular formula is C9H7FO3. The van der Waals surface area contributed by atoms with Crippen LogP contribution >= 0.6 is 0 Å². The summed E-state index contributed by atoms with van der Waals surface area (Å²) in [6.45, 7) is 0.475. The molecule has 2 rings (SSSR count). The highest BCUT2D eigenvalue weighted by atomic mass is 19.1. The van der Waals surface area contributed by atoms with Crippen LogP contribution in [0.3, 0.4) is 0 Å². The molecule has 0 fully saturated rings. The third kappa shape index (κ3) is 1.40. The van der Waals surface area contributed by atoms with Crippen LogP contribution in [-0.4, -0.2) is 13.1 Å². The summed E-state index contributed by atoms with van der Waals surface area (Å²) in [6.07, 6.45) is 0.467. The molecule has 1 aliphatic heterocycles. The predicted molar refractivity (Wildman–Crippen MR) is 42.1 cm³/mol. The van der Waals surface area contributed by atoms with Gasteiger partial charge in [0.25, 0.3) is 0 Å². The number of aldehydes is 1. The molecule has 13 heavy (non-hydrogen) atoms. The van der Waals surface area contributed by atoms with Gasteiger partial charge in [0.15, 0.2) is 13.1 Å². The van der Waals surface area contributed by atoms with Gasteiger partial charge < -0.3 is 9.47 Å². The molecule has 1 aromatic carbocycles. The SMILES string of the molecule is O=Cc1cc2c(cc1F)COCO2. The zero-order chi connectivity index (χ0) is 9.26. The fourth-order valence-electron chi connectivity index (χ4n) is 1.20. The number of hydrogen-bond donors (Lipinski definition) is 0. The van der Waals surface area contributed by atoms with E-state index in [0.717, 1.165) is 0 Å². The number of ether oxygens (including phenoxy) is 2. The molecule has 0 atom stereocenters. The van der Waals surface area contributed by atoms with E-state index in [4.69, 9.17) is 9.47 Å². The van der Waals surface area contributed by atoms with Crippen LogP contribution in [0.2, 0.25) is 0 Å². The summed E-state index contributed by atoms with van der Waals surface area (Å²) in [5.41, 5.74) is 0.648. The molecule has 1 heterocycles. The van der Waals surface area contributed by atoms with E-state index < -0.39 is 5.82 Å². The minimum atomic E-state index is -0.539. The molecule has 0 aromatic heterocycles. The van der Waals surface area contributed by atoms with Crippen LogP contribution in [0.15, 0.2) is 12.1 Å². The van der Waals surface area contributed by atoms with Crippen molar-refractivity contribution in [2.75, 3.05) is 6.79 Å². The Morgan fingerprint density at radius 1 is 1.46 bits per heavy atom. The first kappa shape index (κ1) is 8.19. The summed E-state index contributed by atoms with van der Waals surface area (Å²) in [5.74, 6) is -0.0161. The summed E-state index contributed by atoms with van der Waals surface area (Å²) >= 11 is 0. The van der Waals surface area contributed by atoms with Gasteiger partial charge in [0, 0.05) is 5.56 Å². The van der Waals surface area contributed by atoms with Crippen LogP contribution in [0, 0.1) is 5.82 Å². The second kappa shape index (κ2) is 3.14. The van der Waals surface area contributed by atoms with Crippen LogP contribution < -0.4 is 4.74 Å². The van der Waals surface area contributed by atoms with Crippen molar-refractivity contribution in [3.05, 3.63) is 29.1 Å². The molecule has 4 heteroatoms. The largest absolute Gasteiger partial charge is 0.467 e. The average Bonchev–Trinajstić information content (AvgIpc) is 2.17. The Labute approximate surface area is 74.1 Å². The number of hydrogen-bond acceptors (Lipinski definition) is 3. The van der Waals surface area contributed by atoms with Crippen LogP contribution in [0.5, 0.6) is 5.75 Å². The third-order valence-corrected chi connectivity index (χ3v) is 1.86. The van der Waals surface area contributed by atoms with Gasteiger partial charge in [-0.1, -0.05) is 0 Å². The molecule has 68 valence electrons. The molecule has 1 aliphatic rings. The Balaban J connectivity index is 2.50. The summed E-state index contributed by atoms with van der Waals surface area (Å²) in [7, 11) is 0. The van der Waals surface area contributed by atoms with Gasteiger partial charge in [0.05, 0.1) is 12.2 Å². The lowest BCUT2D eigenvalue weighted by molar-refractivity contribution is -0.0166. The summed E-state index contributed by atoms with van der Waals surface area (Å²) < 4.78 is 23.1. The monoisotopic (exact) mass is 182 g/mol. The zero-order valence-corrected chi connectivity index (χ0v) is 6.75. The first-order chi connectivity index (χ1) is 6.31. The lowest BCUT2D eigenvalue weighted by Crippen LogP contribution is -2.12. The predicted octanol–water partition coefficient (Wildman–Crippen LogP) is 1.50.